The molecule has 1 atom stereocenters. The number of hydrogen-bond donors (Lipinski definition) is 2. The predicted octanol–water partition coefficient (Wildman–Crippen LogP) is 3.20. The molecule has 1 heterocycles. The summed E-state index contributed by atoms with van der Waals surface area (Å²) in [7, 11) is 0. The van der Waals surface area contributed by atoms with Crippen LogP contribution >= 0.6 is 11.3 Å². The van der Waals surface area contributed by atoms with Gasteiger partial charge in [0.2, 0.25) is 5.91 Å². The largest absolute Gasteiger partial charge is 0.356 e. The summed E-state index contributed by atoms with van der Waals surface area (Å²) in [4.78, 5) is 29.2. The topological polar surface area (TPSA) is 71.1 Å². The van der Waals surface area contributed by atoms with E-state index in [0.717, 1.165) is 30.5 Å². The molecule has 0 saturated carbocycles. The molecule has 0 fully saturated rings. The molecule has 1 aliphatic carbocycles. The Morgan fingerprint density at radius 3 is 2.76 bits per heavy atom. The van der Waals surface area contributed by atoms with Crippen LogP contribution in [0.3, 0.4) is 0 Å². The van der Waals surface area contributed by atoms with Crippen LogP contribution in [0.2, 0.25) is 0 Å². The number of thiazole rings is 1. The van der Waals surface area contributed by atoms with Gasteiger partial charge in [-0.1, -0.05) is 19.1 Å². The number of anilines is 1. The lowest BCUT2D eigenvalue weighted by Gasteiger charge is -2.15. The Labute approximate surface area is 151 Å². The third kappa shape index (κ3) is 4.66. The number of hydrogen-bond acceptors (Lipinski definition) is 4. The van der Waals surface area contributed by atoms with Crippen molar-refractivity contribution >= 4 is 28.3 Å². The van der Waals surface area contributed by atoms with Crippen molar-refractivity contribution in [2.75, 3.05) is 11.9 Å². The number of carbonyl (C=O) groups excluding carboxylic acids is 2. The van der Waals surface area contributed by atoms with Crippen molar-refractivity contribution in [3.8, 4) is 0 Å². The summed E-state index contributed by atoms with van der Waals surface area (Å²) in [5.74, 6) is 0.533. The first-order chi connectivity index (χ1) is 12.0. The van der Waals surface area contributed by atoms with Gasteiger partial charge in [-0.05, 0) is 49.3 Å². The average molecular weight is 357 g/mol. The van der Waals surface area contributed by atoms with E-state index in [4.69, 9.17) is 0 Å². The van der Waals surface area contributed by atoms with Crippen molar-refractivity contribution in [3.05, 3.63) is 46.0 Å². The van der Waals surface area contributed by atoms with Crippen molar-refractivity contribution in [1.82, 2.24) is 10.3 Å². The fraction of sp³-hybridized carbons (Fsp3) is 0.421. The molecule has 0 unspecified atom stereocenters. The van der Waals surface area contributed by atoms with E-state index in [1.54, 1.807) is 11.3 Å². The molecule has 132 valence electrons. The van der Waals surface area contributed by atoms with Crippen LogP contribution in [0.5, 0.6) is 0 Å². The summed E-state index contributed by atoms with van der Waals surface area (Å²) in [6.45, 7) is 4.36. The number of rotatable bonds is 5. The predicted molar refractivity (Wildman–Crippen MR) is 100 cm³/mol. The molecule has 3 rings (SSSR count). The van der Waals surface area contributed by atoms with Gasteiger partial charge in [0.15, 0.2) is 5.13 Å². The molecular weight excluding hydrogens is 334 g/mol. The zero-order valence-corrected chi connectivity index (χ0v) is 15.4. The Balaban J connectivity index is 1.59. The van der Waals surface area contributed by atoms with Gasteiger partial charge in [-0.25, -0.2) is 4.98 Å². The smallest absolute Gasteiger partial charge is 0.257 e. The summed E-state index contributed by atoms with van der Waals surface area (Å²) < 4.78 is 0. The number of nitrogens with one attached hydrogen (secondary N) is 2. The molecule has 6 heteroatoms. The number of nitrogens with zero attached hydrogens (tertiary/aromatic N) is 1. The normalized spacial score (nSPS) is 16.2. The monoisotopic (exact) mass is 357 g/mol. The van der Waals surface area contributed by atoms with Crippen molar-refractivity contribution in [2.45, 2.75) is 39.5 Å². The third-order valence-electron chi connectivity index (χ3n) is 4.41. The Morgan fingerprint density at radius 2 is 2.04 bits per heavy atom. The second-order valence-electron chi connectivity index (χ2n) is 6.62. The first-order valence-corrected chi connectivity index (χ1v) is 9.46. The highest BCUT2D eigenvalue weighted by Crippen LogP contribution is 2.32. The lowest BCUT2D eigenvalue weighted by Crippen LogP contribution is -2.22. The summed E-state index contributed by atoms with van der Waals surface area (Å²) in [6.07, 6.45) is 3.99. The minimum Gasteiger partial charge on any atom is -0.356 e. The first-order valence-electron chi connectivity index (χ1n) is 8.64. The van der Waals surface area contributed by atoms with E-state index < -0.39 is 0 Å². The molecule has 5 nitrogen and oxygen atoms in total. The zero-order valence-electron chi connectivity index (χ0n) is 14.6. The summed E-state index contributed by atoms with van der Waals surface area (Å²) >= 11 is 1.60. The maximum atomic E-state index is 12.4. The van der Waals surface area contributed by atoms with Crippen molar-refractivity contribution in [1.29, 1.82) is 0 Å². The number of carbonyl (C=O) groups is 2. The van der Waals surface area contributed by atoms with E-state index in [9.17, 15) is 9.59 Å². The minimum absolute atomic E-state index is 0.0310. The third-order valence-corrected chi connectivity index (χ3v) is 5.45. The van der Waals surface area contributed by atoms with Gasteiger partial charge in [0.1, 0.15) is 0 Å². The maximum absolute atomic E-state index is 12.4. The molecule has 2 aromatic rings. The number of aromatic nitrogens is 1. The minimum atomic E-state index is -0.132. The maximum Gasteiger partial charge on any atom is 0.257 e. The molecule has 1 aromatic heterocycles. The Morgan fingerprint density at radius 1 is 1.28 bits per heavy atom. The first kappa shape index (κ1) is 17.6. The lowest BCUT2D eigenvalue weighted by molar-refractivity contribution is -0.118. The van der Waals surface area contributed by atoms with Crippen LogP contribution in [0.1, 0.15) is 46.8 Å². The van der Waals surface area contributed by atoms with Crippen molar-refractivity contribution < 1.29 is 9.59 Å². The Bertz CT molecular complexity index is 767. The van der Waals surface area contributed by atoms with Gasteiger partial charge in [-0.15, -0.1) is 11.3 Å². The van der Waals surface area contributed by atoms with Crippen LogP contribution in [0.25, 0.3) is 0 Å². The van der Waals surface area contributed by atoms with E-state index in [0.29, 0.717) is 23.2 Å². The number of benzene rings is 1. The van der Waals surface area contributed by atoms with E-state index in [1.807, 2.05) is 24.3 Å². The van der Waals surface area contributed by atoms with Crippen LogP contribution in [0.15, 0.2) is 24.3 Å². The highest BCUT2D eigenvalue weighted by Gasteiger charge is 2.20. The van der Waals surface area contributed by atoms with E-state index >= 15 is 0 Å². The number of amides is 2. The summed E-state index contributed by atoms with van der Waals surface area (Å²) in [5.41, 5.74) is 2.85. The molecular formula is C19H23N3O2S. The summed E-state index contributed by atoms with van der Waals surface area (Å²) in [5, 5.41) is 6.38. The van der Waals surface area contributed by atoms with Gasteiger partial charge >= 0.3 is 0 Å². The van der Waals surface area contributed by atoms with Crippen LogP contribution < -0.4 is 10.6 Å². The van der Waals surface area contributed by atoms with Crippen LogP contribution in [0.4, 0.5) is 5.13 Å². The molecule has 2 amide bonds. The van der Waals surface area contributed by atoms with Gasteiger partial charge in [0.25, 0.3) is 5.91 Å². The highest BCUT2D eigenvalue weighted by atomic mass is 32.1. The lowest BCUT2D eigenvalue weighted by atomic mass is 9.93. The number of aryl methyl sites for hydroxylation is 1. The number of fused-ring (bicyclic) bond motifs is 1. The van der Waals surface area contributed by atoms with Crippen LogP contribution in [-0.4, -0.2) is 23.3 Å². The Kier molecular flexibility index (Phi) is 5.48. The molecule has 1 aliphatic rings. The van der Waals surface area contributed by atoms with E-state index in [-0.39, 0.29) is 11.8 Å². The van der Waals surface area contributed by atoms with Gasteiger partial charge in [-0.3, -0.25) is 14.9 Å². The summed E-state index contributed by atoms with van der Waals surface area (Å²) in [6, 6.07) is 7.47. The molecule has 1 aromatic carbocycles. The second kappa shape index (κ2) is 7.78. The van der Waals surface area contributed by atoms with Crippen molar-refractivity contribution in [3.63, 3.8) is 0 Å². The average Bonchev–Trinajstić information content (AvgIpc) is 2.96. The molecule has 0 bridgehead atoms. The fourth-order valence-electron chi connectivity index (χ4n) is 2.97. The zero-order chi connectivity index (χ0) is 17.8. The Hall–Kier alpha value is -2.21. The molecule has 0 radical (unpaired) electrons. The fourth-order valence-corrected chi connectivity index (χ4v) is 4.13. The highest BCUT2D eigenvalue weighted by molar-refractivity contribution is 7.15. The van der Waals surface area contributed by atoms with Gasteiger partial charge in [0, 0.05) is 23.9 Å². The van der Waals surface area contributed by atoms with Crippen LogP contribution in [-0.2, 0) is 24.1 Å². The van der Waals surface area contributed by atoms with Gasteiger partial charge in [-0.2, -0.15) is 0 Å². The SMILES string of the molecule is CC(=O)NCCc1ccc(C(=O)Nc2nc3c(s2)C[C@@H](C)CC3)cc1. The molecule has 0 aliphatic heterocycles. The van der Waals surface area contributed by atoms with Crippen LogP contribution in [0, 0.1) is 5.92 Å². The molecule has 2 N–H and O–H groups in total. The second-order valence-corrected chi connectivity index (χ2v) is 7.70. The van der Waals surface area contributed by atoms with Gasteiger partial charge < -0.3 is 5.32 Å². The molecule has 25 heavy (non-hydrogen) atoms. The standard InChI is InChI=1S/C19H23N3O2S/c1-12-3-8-16-17(11-12)25-19(21-16)22-18(24)15-6-4-14(5-7-15)9-10-20-13(2)23/h4-7,12H,3,8-11H2,1-2H3,(H,20,23)(H,21,22,24)/t12-/m0/s1. The van der Waals surface area contributed by atoms with Crippen molar-refractivity contribution in [2.24, 2.45) is 5.92 Å². The quantitative estimate of drug-likeness (QED) is 0.863. The van der Waals surface area contributed by atoms with E-state index in [2.05, 4.69) is 22.5 Å². The van der Waals surface area contributed by atoms with Gasteiger partial charge in [0.05, 0.1) is 5.69 Å². The van der Waals surface area contributed by atoms with E-state index in [1.165, 1.54) is 18.2 Å². The molecule has 0 spiro atoms. The molecule has 0 saturated heterocycles.